The molecule has 0 bridgehead atoms. The summed E-state index contributed by atoms with van der Waals surface area (Å²) in [7, 11) is -3.40. The molecule has 1 aliphatic carbocycles. The minimum absolute atomic E-state index is 0.0526. The van der Waals surface area contributed by atoms with Crippen molar-refractivity contribution in [1.82, 2.24) is 14.9 Å². The molecule has 0 aromatic carbocycles. The number of aromatic nitrogens is 2. The average molecular weight is 435 g/mol. The molecule has 8 heteroatoms. The molecule has 1 aromatic rings. The molecule has 7 nitrogen and oxygen atoms in total. The molecule has 0 spiro atoms. The molecule has 2 saturated heterocycles. The summed E-state index contributed by atoms with van der Waals surface area (Å²) in [6.07, 6.45) is 13.2. The Labute approximate surface area is 180 Å². The first-order chi connectivity index (χ1) is 14.4. The molecule has 30 heavy (non-hydrogen) atoms. The van der Waals surface area contributed by atoms with Gasteiger partial charge in [0.05, 0.1) is 11.9 Å². The predicted octanol–water partition coefficient (Wildman–Crippen LogP) is 3.16. The van der Waals surface area contributed by atoms with E-state index in [0.717, 1.165) is 38.8 Å². The highest BCUT2D eigenvalue weighted by molar-refractivity contribution is 7.90. The van der Waals surface area contributed by atoms with Crippen molar-refractivity contribution in [3.8, 4) is 0 Å². The van der Waals surface area contributed by atoms with Crippen molar-refractivity contribution in [1.29, 1.82) is 0 Å². The summed E-state index contributed by atoms with van der Waals surface area (Å²) < 4.78 is 24.8. The zero-order chi connectivity index (χ0) is 21.1. The maximum Gasteiger partial charge on any atom is 0.225 e. The molecule has 0 N–H and O–H groups in total. The van der Waals surface area contributed by atoms with Gasteiger partial charge in [0.25, 0.3) is 0 Å². The van der Waals surface area contributed by atoms with Crippen LogP contribution in [-0.2, 0) is 14.6 Å². The number of amides is 1. The Morgan fingerprint density at radius 3 is 2.30 bits per heavy atom. The van der Waals surface area contributed by atoms with Crippen molar-refractivity contribution in [2.24, 2.45) is 5.92 Å². The summed E-state index contributed by atoms with van der Waals surface area (Å²) in [5.41, 5.74) is 0.649. The van der Waals surface area contributed by atoms with Gasteiger partial charge in [-0.3, -0.25) is 4.79 Å². The van der Waals surface area contributed by atoms with E-state index in [0.29, 0.717) is 37.1 Å². The van der Waals surface area contributed by atoms with Gasteiger partial charge < -0.3 is 9.80 Å². The number of nitrogens with zero attached hydrogens (tertiary/aromatic N) is 4. The Hall–Kier alpha value is -1.70. The molecule has 4 rings (SSSR count). The van der Waals surface area contributed by atoms with Crippen LogP contribution in [0.2, 0.25) is 0 Å². The number of sulfone groups is 1. The van der Waals surface area contributed by atoms with Crippen LogP contribution in [0.4, 0.5) is 5.95 Å². The van der Waals surface area contributed by atoms with Gasteiger partial charge >= 0.3 is 0 Å². The zero-order valence-electron chi connectivity index (χ0n) is 18.1. The Balaban J connectivity index is 1.47. The number of piperidine rings is 2. The first-order valence-corrected chi connectivity index (χ1v) is 13.4. The molecule has 166 valence electrons. The van der Waals surface area contributed by atoms with E-state index in [-0.39, 0.29) is 16.7 Å². The minimum atomic E-state index is -3.40. The molecule has 0 atom stereocenters. The van der Waals surface area contributed by atoms with Crippen LogP contribution in [0.5, 0.6) is 0 Å². The van der Waals surface area contributed by atoms with E-state index in [2.05, 4.69) is 9.88 Å². The monoisotopic (exact) mass is 434 g/mol. The Morgan fingerprint density at radius 2 is 1.67 bits per heavy atom. The third-order valence-corrected chi connectivity index (χ3v) is 8.09. The molecular weight excluding hydrogens is 400 g/mol. The van der Waals surface area contributed by atoms with Gasteiger partial charge in [-0.15, -0.1) is 0 Å². The highest BCUT2D eigenvalue weighted by Gasteiger charge is 2.31. The standard InChI is InChI=1S/C22H34N4O3S/c1-30(28,29)19-16-23-22(26-11-5-2-6-12-26)24-21(19)18-9-13-25(14-10-18)20(27)15-17-7-3-4-8-17/h16-18H,2-15H2,1H3. The van der Waals surface area contributed by atoms with Gasteiger partial charge in [0, 0.05) is 44.8 Å². The number of rotatable bonds is 5. The fourth-order valence-corrected chi connectivity index (χ4v) is 6.03. The third-order valence-electron chi connectivity index (χ3n) is 6.98. The van der Waals surface area contributed by atoms with E-state index in [9.17, 15) is 13.2 Å². The number of likely N-dealkylation sites (tertiary alicyclic amines) is 1. The molecule has 1 saturated carbocycles. The van der Waals surface area contributed by atoms with Crippen LogP contribution in [0, 0.1) is 5.92 Å². The fourth-order valence-electron chi connectivity index (χ4n) is 5.19. The highest BCUT2D eigenvalue weighted by Crippen LogP contribution is 2.34. The van der Waals surface area contributed by atoms with Crippen molar-refractivity contribution < 1.29 is 13.2 Å². The number of carbonyl (C=O) groups is 1. The number of hydrogen-bond acceptors (Lipinski definition) is 6. The average Bonchev–Trinajstić information content (AvgIpc) is 3.26. The fraction of sp³-hybridized carbons (Fsp3) is 0.773. The van der Waals surface area contributed by atoms with Crippen molar-refractivity contribution in [3.63, 3.8) is 0 Å². The number of hydrogen-bond donors (Lipinski definition) is 0. The summed E-state index contributed by atoms with van der Waals surface area (Å²) >= 11 is 0. The predicted molar refractivity (Wildman–Crippen MR) is 116 cm³/mol. The maximum atomic E-state index is 12.7. The minimum Gasteiger partial charge on any atom is -0.343 e. The second kappa shape index (κ2) is 9.20. The lowest BCUT2D eigenvalue weighted by molar-refractivity contribution is -0.133. The summed E-state index contributed by atoms with van der Waals surface area (Å²) in [6, 6.07) is 0. The van der Waals surface area contributed by atoms with Crippen LogP contribution in [0.1, 0.15) is 75.8 Å². The Kier molecular flexibility index (Phi) is 6.60. The molecule has 0 radical (unpaired) electrons. The van der Waals surface area contributed by atoms with Crippen molar-refractivity contribution in [2.75, 3.05) is 37.3 Å². The molecule has 0 unspecified atom stereocenters. The van der Waals surface area contributed by atoms with E-state index < -0.39 is 9.84 Å². The van der Waals surface area contributed by atoms with Crippen molar-refractivity contribution in [3.05, 3.63) is 11.9 Å². The van der Waals surface area contributed by atoms with Crippen LogP contribution in [0.3, 0.4) is 0 Å². The van der Waals surface area contributed by atoms with Gasteiger partial charge in [0.2, 0.25) is 11.9 Å². The van der Waals surface area contributed by atoms with Gasteiger partial charge in [0.1, 0.15) is 4.90 Å². The maximum absolute atomic E-state index is 12.7. The molecule has 1 aromatic heterocycles. The first-order valence-electron chi connectivity index (χ1n) is 11.5. The van der Waals surface area contributed by atoms with Gasteiger partial charge in [-0.1, -0.05) is 12.8 Å². The van der Waals surface area contributed by atoms with Crippen LogP contribution in [-0.4, -0.2) is 61.6 Å². The van der Waals surface area contributed by atoms with Crippen molar-refractivity contribution >= 4 is 21.7 Å². The van der Waals surface area contributed by atoms with E-state index >= 15 is 0 Å². The lowest BCUT2D eigenvalue weighted by Gasteiger charge is -2.33. The summed E-state index contributed by atoms with van der Waals surface area (Å²) in [5, 5.41) is 0. The van der Waals surface area contributed by atoms with Gasteiger partial charge in [-0.2, -0.15) is 0 Å². The van der Waals surface area contributed by atoms with E-state index in [1.165, 1.54) is 44.6 Å². The highest BCUT2D eigenvalue weighted by atomic mass is 32.2. The second-order valence-corrected chi connectivity index (χ2v) is 11.2. The molecule has 3 fully saturated rings. The van der Waals surface area contributed by atoms with Gasteiger partial charge in [-0.05, 0) is 50.9 Å². The van der Waals surface area contributed by atoms with Gasteiger partial charge in [-0.25, -0.2) is 18.4 Å². The van der Waals surface area contributed by atoms with E-state index in [1.807, 2.05) is 4.90 Å². The zero-order valence-corrected chi connectivity index (χ0v) is 18.9. The lowest BCUT2D eigenvalue weighted by atomic mass is 9.92. The van der Waals surface area contributed by atoms with Crippen LogP contribution < -0.4 is 4.90 Å². The third kappa shape index (κ3) is 4.95. The molecular formula is C22H34N4O3S. The molecule has 3 aliphatic rings. The Morgan fingerprint density at radius 1 is 1.00 bits per heavy atom. The SMILES string of the molecule is CS(=O)(=O)c1cnc(N2CCCCC2)nc1C1CCN(C(=O)CC2CCCC2)CC1. The molecule has 1 amide bonds. The first kappa shape index (κ1) is 21.5. The normalized spacial score (nSPS) is 21.9. The quantitative estimate of drug-likeness (QED) is 0.708. The molecule has 2 aliphatic heterocycles. The number of anilines is 1. The number of carbonyl (C=O) groups excluding carboxylic acids is 1. The largest absolute Gasteiger partial charge is 0.343 e. The van der Waals surface area contributed by atoms with E-state index in [1.54, 1.807) is 0 Å². The van der Waals surface area contributed by atoms with Crippen LogP contribution in [0.25, 0.3) is 0 Å². The topological polar surface area (TPSA) is 83.5 Å². The molecule has 3 heterocycles. The Bertz CT molecular complexity index is 853. The van der Waals surface area contributed by atoms with Gasteiger partial charge in [0.15, 0.2) is 9.84 Å². The van der Waals surface area contributed by atoms with Crippen LogP contribution >= 0.6 is 0 Å². The van der Waals surface area contributed by atoms with E-state index in [4.69, 9.17) is 4.98 Å². The summed E-state index contributed by atoms with van der Waals surface area (Å²) in [6.45, 7) is 3.21. The van der Waals surface area contributed by atoms with Crippen LogP contribution in [0.15, 0.2) is 11.1 Å². The second-order valence-electron chi connectivity index (χ2n) is 9.25. The summed E-state index contributed by atoms with van der Waals surface area (Å²) in [4.78, 5) is 26.2. The van der Waals surface area contributed by atoms with Crippen molar-refractivity contribution in [2.45, 2.75) is 75.0 Å². The smallest absolute Gasteiger partial charge is 0.225 e. The lowest BCUT2D eigenvalue weighted by Crippen LogP contribution is -2.39. The summed E-state index contributed by atoms with van der Waals surface area (Å²) in [5.74, 6) is 1.52.